The predicted octanol–water partition coefficient (Wildman–Crippen LogP) is 0.356. The van der Waals surface area contributed by atoms with E-state index in [9.17, 15) is 35.9 Å². The Kier molecular flexibility index (Phi) is 4.62. The first-order chi connectivity index (χ1) is 5.55. The summed E-state index contributed by atoms with van der Waals surface area (Å²) in [5.74, 6) is -6.40. The summed E-state index contributed by atoms with van der Waals surface area (Å²) in [6.45, 7) is 0. The number of halogens is 6. The second kappa shape index (κ2) is 4.26. The largest absolute Gasteiger partial charge is 0.491 e. The van der Waals surface area contributed by atoms with Crippen molar-refractivity contribution < 1.29 is 46.1 Å². The fourth-order valence-electron chi connectivity index (χ4n) is 0.200. The molecule has 0 aromatic heterocycles. The van der Waals surface area contributed by atoms with Crippen LogP contribution in [-0.4, -0.2) is 29.8 Å². The van der Waals surface area contributed by atoms with E-state index in [0.29, 0.717) is 0 Å². The minimum absolute atomic E-state index is 0. The maximum atomic E-state index is 11.2. The van der Waals surface area contributed by atoms with Crippen molar-refractivity contribution >= 4 is 11.9 Å². The van der Waals surface area contributed by atoms with Crippen molar-refractivity contribution in [2.24, 2.45) is 0 Å². The number of carbonyl (C=O) groups excluding carboxylic acids is 2. The smallest absolute Gasteiger partial charge is 0.412 e. The summed E-state index contributed by atoms with van der Waals surface area (Å²) in [6, 6.07) is 0. The van der Waals surface area contributed by atoms with E-state index in [0.717, 1.165) is 0 Å². The molecule has 0 aromatic carbocycles. The number of esters is 2. The van der Waals surface area contributed by atoms with Crippen LogP contribution in [0.15, 0.2) is 0 Å². The Morgan fingerprint density at radius 2 is 1.00 bits per heavy atom. The van der Waals surface area contributed by atoms with Gasteiger partial charge in [-0.2, -0.15) is 26.3 Å². The number of ether oxygens (including phenoxy) is 1. The maximum Gasteiger partial charge on any atom is 0.491 e. The van der Waals surface area contributed by atoms with E-state index < -0.39 is 24.3 Å². The highest BCUT2D eigenvalue weighted by Gasteiger charge is 2.49. The lowest BCUT2D eigenvalue weighted by molar-refractivity contribution is -0.221. The summed E-state index contributed by atoms with van der Waals surface area (Å²) in [7, 11) is 0. The molecule has 0 heterocycles. The Balaban J connectivity index is 0. The Bertz CT molecular complexity index is 203. The van der Waals surface area contributed by atoms with E-state index in [1.54, 1.807) is 0 Å². The molecule has 0 saturated heterocycles. The molecule has 0 unspecified atom stereocenters. The highest BCUT2D eigenvalue weighted by molar-refractivity contribution is 5.90. The van der Waals surface area contributed by atoms with Crippen LogP contribution in [0.1, 0.15) is 0 Å². The van der Waals surface area contributed by atoms with Gasteiger partial charge in [-0.15, -0.1) is 0 Å². The van der Waals surface area contributed by atoms with Crippen molar-refractivity contribution in [3.63, 3.8) is 0 Å². The van der Waals surface area contributed by atoms with Crippen LogP contribution < -0.4 is 0 Å². The third kappa shape index (κ3) is 4.64. The summed E-state index contributed by atoms with van der Waals surface area (Å²) < 4.78 is 69.7. The van der Waals surface area contributed by atoms with Gasteiger partial charge in [0.25, 0.3) is 0 Å². The average molecular weight is 228 g/mol. The normalized spacial score (nSPS) is 11.6. The molecular formula is C4H2F6O4. The lowest BCUT2D eigenvalue weighted by Crippen LogP contribution is -2.34. The van der Waals surface area contributed by atoms with Gasteiger partial charge in [-0.25, -0.2) is 9.59 Å². The van der Waals surface area contributed by atoms with E-state index in [1.165, 1.54) is 0 Å². The van der Waals surface area contributed by atoms with Crippen LogP contribution in [0.3, 0.4) is 0 Å². The van der Waals surface area contributed by atoms with Crippen LogP contribution in [0.25, 0.3) is 0 Å². The van der Waals surface area contributed by atoms with Gasteiger partial charge in [0.15, 0.2) is 0 Å². The molecule has 84 valence electrons. The zero-order chi connectivity index (χ0) is 10.9. The summed E-state index contributed by atoms with van der Waals surface area (Å²) in [5.41, 5.74) is 0. The molecular weight excluding hydrogens is 226 g/mol. The first-order valence-electron chi connectivity index (χ1n) is 2.45. The van der Waals surface area contributed by atoms with Crippen molar-refractivity contribution in [1.82, 2.24) is 0 Å². The summed E-state index contributed by atoms with van der Waals surface area (Å²) in [6.07, 6.45) is -11.2. The molecule has 0 bridgehead atoms. The molecule has 0 amide bonds. The molecule has 14 heavy (non-hydrogen) atoms. The molecule has 0 spiro atoms. The quantitative estimate of drug-likeness (QED) is 0.341. The van der Waals surface area contributed by atoms with Crippen LogP contribution >= 0.6 is 0 Å². The van der Waals surface area contributed by atoms with Gasteiger partial charge >= 0.3 is 24.3 Å². The van der Waals surface area contributed by atoms with Crippen LogP contribution in [0, 0.1) is 0 Å². The Labute approximate surface area is 71.7 Å². The van der Waals surface area contributed by atoms with Crippen molar-refractivity contribution in [3.8, 4) is 0 Å². The Hall–Kier alpha value is -1.32. The third-order valence-electron chi connectivity index (χ3n) is 0.648. The van der Waals surface area contributed by atoms with Crippen LogP contribution in [0.2, 0.25) is 0 Å². The van der Waals surface area contributed by atoms with Gasteiger partial charge in [-0.1, -0.05) is 0 Å². The number of hydrogen-bond acceptors (Lipinski definition) is 3. The second-order valence-corrected chi connectivity index (χ2v) is 1.67. The minimum atomic E-state index is -5.62. The van der Waals surface area contributed by atoms with E-state index >= 15 is 0 Å². The van der Waals surface area contributed by atoms with Crippen molar-refractivity contribution in [2.75, 3.05) is 0 Å². The average Bonchev–Trinajstić information content (AvgIpc) is 1.82. The highest BCUT2D eigenvalue weighted by Crippen LogP contribution is 2.21. The van der Waals surface area contributed by atoms with E-state index in [-0.39, 0.29) is 5.48 Å². The Morgan fingerprint density at radius 1 is 0.786 bits per heavy atom. The van der Waals surface area contributed by atoms with Crippen molar-refractivity contribution in [2.45, 2.75) is 12.4 Å². The van der Waals surface area contributed by atoms with Crippen molar-refractivity contribution in [1.29, 1.82) is 0 Å². The first-order valence-corrected chi connectivity index (χ1v) is 2.45. The van der Waals surface area contributed by atoms with Crippen LogP contribution in [0.5, 0.6) is 0 Å². The van der Waals surface area contributed by atoms with Crippen molar-refractivity contribution in [3.05, 3.63) is 0 Å². The molecule has 0 aromatic rings. The summed E-state index contributed by atoms with van der Waals surface area (Å²) in [5, 5.41) is 0. The molecule has 0 aliphatic carbocycles. The zero-order valence-electron chi connectivity index (χ0n) is 5.99. The number of rotatable bonds is 0. The summed E-state index contributed by atoms with van der Waals surface area (Å²) in [4.78, 5) is 19.3. The number of hydrogen-bond donors (Lipinski definition) is 0. The molecule has 0 saturated carbocycles. The van der Waals surface area contributed by atoms with Gasteiger partial charge < -0.3 is 10.2 Å². The Morgan fingerprint density at radius 3 is 1.14 bits per heavy atom. The standard InChI is InChI=1S/C4F6O3.H2O/c5-3(6,7)1(11)13-2(12)4(8,9)10;/h;1H2. The van der Waals surface area contributed by atoms with Gasteiger partial charge in [-0.3, -0.25) is 0 Å². The van der Waals surface area contributed by atoms with Crippen LogP contribution in [-0.2, 0) is 14.3 Å². The molecule has 0 aliphatic heterocycles. The van der Waals surface area contributed by atoms with Gasteiger partial charge in [0.1, 0.15) is 0 Å². The van der Waals surface area contributed by atoms with E-state index in [1.807, 2.05) is 0 Å². The second-order valence-electron chi connectivity index (χ2n) is 1.67. The molecule has 0 radical (unpaired) electrons. The van der Waals surface area contributed by atoms with Gasteiger partial charge in [-0.05, 0) is 0 Å². The lowest BCUT2D eigenvalue weighted by Gasteiger charge is -2.06. The summed E-state index contributed by atoms with van der Waals surface area (Å²) >= 11 is 0. The predicted molar refractivity (Wildman–Crippen MR) is 26.8 cm³/mol. The highest BCUT2D eigenvalue weighted by atomic mass is 19.4. The monoisotopic (exact) mass is 228 g/mol. The lowest BCUT2D eigenvalue weighted by atomic mass is 10.6. The fraction of sp³-hybridized carbons (Fsp3) is 0.500. The SMILES string of the molecule is O.O=C(OC(=O)C(F)(F)F)C(F)(F)F. The number of carbonyl (C=O) groups is 2. The van der Waals surface area contributed by atoms with Crippen LogP contribution in [0.4, 0.5) is 26.3 Å². The molecule has 0 aliphatic rings. The fourth-order valence-corrected chi connectivity index (χ4v) is 0.200. The van der Waals surface area contributed by atoms with Gasteiger partial charge in [0.05, 0.1) is 0 Å². The first kappa shape index (κ1) is 15.2. The molecule has 0 rings (SSSR count). The minimum Gasteiger partial charge on any atom is -0.412 e. The molecule has 0 fully saturated rings. The van der Waals surface area contributed by atoms with Gasteiger partial charge in [0, 0.05) is 0 Å². The topological polar surface area (TPSA) is 74.9 Å². The molecule has 4 nitrogen and oxygen atoms in total. The van der Waals surface area contributed by atoms with Gasteiger partial charge in [0.2, 0.25) is 0 Å². The molecule has 2 N–H and O–H groups in total. The number of alkyl halides is 6. The maximum absolute atomic E-state index is 11.2. The molecule has 10 heteroatoms. The van der Waals surface area contributed by atoms with E-state index in [4.69, 9.17) is 0 Å². The third-order valence-corrected chi connectivity index (χ3v) is 0.648. The molecule has 0 atom stereocenters. The van der Waals surface area contributed by atoms with E-state index in [2.05, 4.69) is 4.74 Å². The zero-order valence-corrected chi connectivity index (χ0v) is 5.99.